The average molecular weight is 473 g/mol. The molecule has 2 N–H and O–H groups in total. The molecule has 178 valence electrons. The lowest BCUT2D eigenvalue weighted by atomic mass is 10.2. The van der Waals surface area contributed by atoms with Gasteiger partial charge in [0.25, 0.3) is 5.91 Å². The number of hydrazone groups is 1. The highest BCUT2D eigenvalue weighted by Gasteiger charge is 2.12. The van der Waals surface area contributed by atoms with Gasteiger partial charge in [0.05, 0.1) is 12.8 Å². The van der Waals surface area contributed by atoms with Gasteiger partial charge >= 0.3 is 5.97 Å². The van der Waals surface area contributed by atoms with E-state index in [9.17, 15) is 9.59 Å². The van der Waals surface area contributed by atoms with E-state index in [-0.39, 0.29) is 18.3 Å². The lowest BCUT2D eigenvalue weighted by Crippen LogP contribution is -2.17. The third-order valence-electron chi connectivity index (χ3n) is 4.90. The van der Waals surface area contributed by atoms with Gasteiger partial charge in [-0.15, -0.1) is 0 Å². The molecule has 0 bridgehead atoms. The molecule has 9 nitrogen and oxygen atoms in total. The topological polar surface area (TPSA) is 115 Å². The Morgan fingerprint density at radius 1 is 1.03 bits per heavy atom. The van der Waals surface area contributed by atoms with Crippen molar-refractivity contribution >= 4 is 18.1 Å². The molecule has 0 spiro atoms. The molecule has 2 aromatic carbocycles. The smallest absolute Gasteiger partial charge is 0.371 e. The van der Waals surface area contributed by atoms with Crippen molar-refractivity contribution in [2.75, 3.05) is 6.61 Å². The van der Waals surface area contributed by atoms with Crippen molar-refractivity contribution in [2.24, 2.45) is 5.10 Å². The third-order valence-corrected chi connectivity index (χ3v) is 4.90. The minimum atomic E-state index is -1.14. The van der Waals surface area contributed by atoms with Crippen molar-refractivity contribution in [3.63, 3.8) is 0 Å². The van der Waals surface area contributed by atoms with E-state index in [2.05, 4.69) is 10.5 Å². The number of nitrogens with one attached hydrogen (secondary N) is 1. The van der Waals surface area contributed by atoms with E-state index < -0.39 is 5.97 Å². The summed E-state index contributed by atoms with van der Waals surface area (Å²) < 4.78 is 18.5. The molecule has 1 amide bonds. The SMILES string of the molecule is CCOc1cc(C=NNC(=O)c2cccc(-n3cccc3)c2)ccc1OCc1ccc(C(=O)O)o1. The molecule has 0 fully saturated rings. The van der Waals surface area contributed by atoms with Gasteiger partial charge in [0.1, 0.15) is 12.4 Å². The molecule has 4 aromatic rings. The third kappa shape index (κ3) is 5.97. The van der Waals surface area contributed by atoms with Crippen molar-refractivity contribution in [1.29, 1.82) is 0 Å². The van der Waals surface area contributed by atoms with Crippen LogP contribution in [0.3, 0.4) is 0 Å². The summed E-state index contributed by atoms with van der Waals surface area (Å²) in [6.45, 7) is 2.30. The molecule has 0 unspecified atom stereocenters. The first kappa shape index (κ1) is 23.4. The number of amides is 1. The van der Waals surface area contributed by atoms with Crippen LogP contribution >= 0.6 is 0 Å². The zero-order valence-electron chi connectivity index (χ0n) is 18.9. The van der Waals surface area contributed by atoms with Gasteiger partial charge < -0.3 is 23.6 Å². The summed E-state index contributed by atoms with van der Waals surface area (Å²) in [5.41, 5.74) is 4.58. The second-order valence-electron chi connectivity index (χ2n) is 7.34. The van der Waals surface area contributed by atoms with Crippen LogP contribution in [0.4, 0.5) is 0 Å². The number of nitrogens with zero attached hydrogens (tertiary/aromatic N) is 2. The van der Waals surface area contributed by atoms with Gasteiger partial charge in [-0.1, -0.05) is 6.07 Å². The van der Waals surface area contributed by atoms with Crippen LogP contribution in [0, 0.1) is 0 Å². The van der Waals surface area contributed by atoms with E-state index in [0.717, 1.165) is 5.69 Å². The normalized spacial score (nSPS) is 10.9. The van der Waals surface area contributed by atoms with Crippen molar-refractivity contribution < 1.29 is 28.6 Å². The first-order valence-corrected chi connectivity index (χ1v) is 10.8. The molecule has 0 radical (unpaired) electrons. The number of benzene rings is 2. The van der Waals surface area contributed by atoms with E-state index >= 15 is 0 Å². The van der Waals surface area contributed by atoms with E-state index in [1.807, 2.05) is 48.1 Å². The Bertz CT molecular complexity index is 1340. The summed E-state index contributed by atoms with van der Waals surface area (Å²) >= 11 is 0. The number of aromatic nitrogens is 1. The summed E-state index contributed by atoms with van der Waals surface area (Å²) in [5, 5.41) is 13.0. The zero-order valence-corrected chi connectivity index (χ0v) is 18.9. The maximum Gasteiger partial charge on any atom is 0.371 e. The minimum Gasteiger partial charge on any atom is -0.490 e. The number of hydrogen-bond acceptors (Lipinski definition) is 6. The van der Waals surface area contributed by atoms with Crippen LogP contribution in [0.5, 0.6) is 11.5 Å². The number of ether oxygens (including phenoxy) is 2. The van der Waals surface area contributed by atoms with E-state index in [1.54, 1.807) is 36.4 Å². The lowest BCUT2D eigenvalue weighted by Gasteiger charge is -2.11. The first-order valence-electron chi connectivity index (χ1n) is 10.8. The largest absolute Gasteiger partial charge is 0.490 e. The minimum absolute atomic E-state index is 0.0406. The number of aromatic carboxylic acids is 1. The van der Waals surface area contributed by atoms with Gasteiger partial charge in [-0.05, 0) is 73.2 Å². The zero-order chi connectivity index (χ0) is 24.6. The number of rotatable bonds is 10. The molecule has 9 heteroatoms. The van der Waals surface area contributed by atoms with Gasteiger partial charge in [0.2, 0.25) is 5.76 Å². The Labute approximate surface area is 201 Å². The molecule has 0 saturated heterocycles. The van der Waals surface area contributed by atoms with Gasteiger partial charge in [-0.3, -0.25) is 4.79 Å². The summed E-state index contributed by atoms with van der Waals surface area (Å²) in [5.74, 6) is -0.317. The van der Waals surface area contributed by atoms with Crippen LogP contribution in [0.1, 0.15) is 39.2 Å². The average Bonchev–Trinajstić information content (AvgIpc) is 3.57. The Balaban J connectivity index is 1.40. The van der Waals surface area contributed by atoms with Gasteiger partial charge in [0.15, 0.2) is 11.5 Å². The number of carbonyl (C=O) groups excluding carboxylic acids is 1. The van der Waals surface area contributed by atoms with Crippen LogP contribution in [0.2, 0.25) is 0 Å². The Hall–Kier alpha value is -4.79. The van der Waals surface area contributed by atoms with Gasteiger partial charge in [0, 0.05) is 23.6 Å². The van der Waals surface area contributed by atoms with E-state index in [4.69, 9.17) is 19.0 Å². The predicted octanol–water partition coefficient (Wildman–Crippen LogP) is 4.51. The number of carboxylic acid groups (broad SMARTS) is 1. The van der Waals surface area contributed by atoms with Crippen LogP contribution in [-0.4, -0.2) is 34.4 Å². The second-order valence-corrected chi connectivity index (χ2v) is 7.34. The summed E-state index contributed by atoms with van der Waals surface area (Å²) in [6, 6.07) is 19.1. The molecule has 35 heavy (non-hydrogen) atoms. The van der Waals surface area contributed by atoms with Crippen LogP contribution in [0.15, 0.2) is 88.6 Å². The highest BCUT2D eigenvalue weighted by molar-refractivity contribution is 5.95. The highest BCUT2D eigenvalue weighted by atomic mass is 16.5. The molecule has 4 rings (SSSR count). The fourth-order valence-corrected chi connectivity index (χ4v) is 3.26. The predicted molar refractivity (Wildman–Crippen MR) is 128 cm³/mol. The molecule has 2 aromatic heterocycles. The monoisotopic (exact) mass is 473 g/mol. The number of furan rings is 1. The maximum atomic E-state index is 12.5. The molecule has 0 saturated carbocycles. The first-order chi connectivity index (χ1) is 17.0. The quantitative estimate of drug-likeness (QED) is 0.259. The molecule has 0 atom stereocenters. The van der Waals surface area contributed by atoms with Crippen LogP contribution < -0.4 is 14.9 Å². The summed E-state index contributed by atoms with van der Waals surface area (Å²) in [6.07, 6.45) is 5.31. The van der Waals surface area contributed by atoms with E-state index in [0.29, 0.717) is 35.0 Å². The second kappa shape index (κ2) is 10.9. The summed E-state index contributed by atoms with van der Waals surface area (Å²) in [7, 11) is 0. The number of carbonyl (C=O) groups is 2. The Morgan fingerprint density at radius 3 is 2.60 bits per heavy atom. The lowest BCUT2D eigenvalue weighted by molar-refractivity contribution is 0.0657. The highest BCUT2D eigenvalue weighted by Crippen LogP contribution is 2.29. The van der Waals surface area contributed by atoms with Crippen molar-refractivity contribution in [1.82, 2.24) is 9.99 Å². The maximum absolute atomic E-state index is 12.5. The van der Waals surface area contributed by atoms with E-state index in [1.165, 1.54) is 12.3 Å². The Kier molecular flexibility index (Phi) is 7.27. The molecular formula is C26H23N3O6. The number of hydrogen-bond donors (Lipinski definition) is 2. The number of carboxylic acids is 1. The van der Waals surface area contributed by atoms with Crippen molar-refractivity contribution in [3.8, 4) is 17.2 Å². The molecule has 0 aliphatic heterocycles. The molecule has 2 heterocycles. The van der Waals surface area contributed by atoms with Crippen LogP contribution in [-0.2, 0) is 6.61 Å². The van der Waals surface area contributed by atoms with Crippen molar-refractivity contribution in [3.05, 3.63) is 102 Å². The van der Waals surface area contributed by atoms with Crippen LogP contribution in [0.25, 0.3) is 5.69 Å². The fraction of sp³-hybridized carbons (Fsp3) is 0.115. The van der Waals surface area contributed by atoms with Gasteiger partial charge in [-0.2, -0.15) is 5.10 Å². The van der Waals surface area contributed by atoms with Gasteiger partial charge in [-0.25, -0.2) is 10.2 Å². The fourth-order valence-electron chi connectivity index (χ4n) is 3.26. The molecular weight excluding hydrogens is 450 g/mol. The Morgan fingerprint density at radius 2 is 1.86 bits per heavy atom. The standard InChI is InChI=1S/C26H23N3O6/c1-2-33-24-14-18(8-10-22(24)34-17-21-9-11-23(35-21)26(31)32)16-27-28-25(30)19-6-5-7-20(15-19)29-12-3-4-13-29/h3-16H,2,17H2,1H3,(H,28,30)(H,31,32). The van der Waals surface area contributed by atoms with Crippen molar-refractivity contribution in [2.45, 2.75) is 13.5 Å². The summed E-state index contributed by atoms with van der Waals surface area (Å²) in [4.78, 5) is 23.5. The molecule has 0 aliphatic carbocycles. The molecule has 0 aliphatic rings.